The molecule has 1 aromatic heterocycles. The van der Waals surface area contributed by atoms with E-state index in [1.54, 1.807) is 48.8 Å². The number of ether oxygens (including phenoxy) is 1. The van der Waals surface area contributed by atoms with E-state index in [1.807, 2.05) is 6.07 Å². The molecule has 2 unspecified atom stereocenters. The van der Waals surface area contributed by atoms with E-state index >= 15 is 0 Å². The second-order valence-corrected chi connectivity index (χ2v) is 6.30. The number of nitrogens with one attached hydrogen (secondary N) is 2. The summed E-state index contributed by atoms with van der Waals surface area (Å²) in [5.41, 5.74) is 6.52. The van der Waals surface area contributed by atoms with Crippen molar-refractivity contribution in [3.05, 3.63) is 72.1 Å². The van der Waals surface area contributed by atoms with Crippen LogP contribution in [0, 0.1) is 0 Å². The normalized spacial score (nSPS) is 18.8. The highest BCUT2D eigenvalue weighted by Crippen LogP contribution is 2.32. The molecule has 7 nitrogen and oxygen atoms in total. The number of hydrogen-bond acceptors (Lipinski definition) is 6. The van der Waals surface area contributed by atoms with E-state index in [2.05, 4.69) is 20.8 Å². The van der Waals surface area contributed by atoms with Crippen molar-refractivity contribution >= 4 is 5.97 Å². The number of aromatic nitrogens is 2. The molecule has 0 aliphatic carbocycles. The number of carbonyl (C=O) groups is 1. The summed E-state index contributed by atoms with van der Waals surface area (Å²) in [6.45, 7) is 0.375. The van der Waals surface area contributed by atoms with Crippen LogP contribution in [0.4, 0.5) is 4.39 Å². The molecule has 2 aromatic carbocycles. The third-order valence-corrected chi connectivity index (χ3v) is 4.46. The van der Waals surface area contributed by atoms with Crippen LogP contribution in [0.25, 0.3) is 11.4 Å². The van der Waals surface area contributed by atoms with Crippen molar-refractivity contribution in [3.8, 4) is 22.9 Å². The van der Waals surface area contributed by atoms with Gasteiger partial charge in [0.25, 0.3) is 0 Å². The predicted molar refractivity (Wildman–Crippen MR) is 99.7 cm³/mol. The van der Waals surface area contributed by atoms with Gasteiger partial charge in [-0.2, -0.15) is 0 Å². The van der Waals surface area contributed by atoms with E-state index in [0.717, 1.165) is 5.56 Å². The van der Waals surface area contributed by atoms with E-state index in [1.165, 1.54) is 6.07 Å². The fraction of sp³-hybridized carbons (Fsp3) is 0.150. The fourth-order valence-electron chi connectivity index (χ4n) is 3.07. The monoisotopic (exact) mass is 380 g/mol. The lowest BCUT2D eigenvalue weighted by Gasteiger charge is -2.15. The zero-order chi connectivity index (χ0) is 19.5. The number of halogens is 1. The van der Waals surface area contributed by atoms with E-state index < -0.39 is 18.2 Å². The van der Waals surface area contributed by atoms with Crippen LogP contribution < -0.4 is 15.6 Å². The van der Waals surface area contributed by atoms with Crippen molar-refractivity contribution in [2.45, 2.75) is 12.2 Å². The van der Waals surface area contributed by atoms with Gasteiger partial charge in [0, 0.05) is 30.4 Å². The zero-order valence-electron chi connectivity index (χ0n) is 14.7. The molecule has 2 atom stereocenters. The smallest absolute Gasteiger partial charge is 0.339 e. The standard InChI is InChI=1S/C20H17FN4O3/c21-18-16(11-24-25-18)12-5-6-17(15(10-12)20(26)27)28-14-4-1-3-13(9-14)19-22-7-2-8-23-19/h1-10,16,18,24-25H,11H2,(H,26,27). The number of alkyl halides is 1. The van der Waals surface area contributed by atoms with Crippen LogP contribution in [0.3, 0.4) is 0 Å². The third kappa shape index (κ3) is 3.68. The summed E-state index contributed by atoms with van der Waals surface area (Å²) < 4.78 is 19.7. The quantitative estimate of drug-likeness (QED) is 0.585. The van der Waals surface area contributed by atoms with Crippen molar-refractivity contribution in [2.24, 2.45) is 0 Å². The Labute approximate surface area is 160 Å². The minimum atomic E-state index is -1.28. The lowest BCUT2D eigenvalue weighted by Crippen LogP contribution is -2.27. The second kappa shape index (κ2) is 7.71. The van der Waals surface area contributed by atoms with E-state index in [9.17, 15) is 14.3 Å². The Bertz CT molecular complexity index is 1000. The fourth-order valence-corrected chi connectivity index (χ4v) is 3.07. The van der Waals surface area contributed by atoms with E-state index in [4.69, 9.17) is 4.74 Å². The van der Waals surface area contributed by atoms with Gasteiger partial charge in [-0.05, 0) is 35.9 Å². The third-order valence-electron chi connectivity index (χ3n) is 4.46. The number of benzene rings is 2. The first-order valence-electron chi connectivity index (χ1n) is 8.67. The molecular weight excluding hydrogens is 363 g/mol. The largest absolute Gasteiger partial charge is 0.478 e. The molecule has 142 valence electrons. The van der Waals surface area contributed by atoms with Crippen LogP contribution in [-0.2, 0) is 0 Å². The number of nitrogens with zero attached hydrogens (tertiary/aromatic N) is 2. The van der Waals surface area contributed by atoms with Crippen molar-refractivity contribution in [1.82, 2.24) is 20.8 Å². The minimum absolute atomic E-state index is 0.0297. The zero-order valence-corrected chi connectivity index (χ0v) is 14.7. The summed E-state index contributed by atoms with van der Waals surface area (Å²) in [4.78, 5) is 20.1. The predicted octanol–water partition coefficient (Wildman–Crippen LogP) is 3.12. The van der Waals surface area contributed by atoms with Gasteiger partial charge >= 0.3 is 5.97 Å². The van der Waals surface area contributed by atoms with Gasteiger partial charge in [-0.15, -0.1) is 0 Å². The van der Waals surface area contributed by atoms with Crippen LogP contribution in [0.5, 0.6) is 11.5 Å². The number of carboxylic acids is 1. The lowest BCUT2D eigenvalue weighted by molar-refractivity contribution is 0.0694. The summed E-state index contributed by atoms with van der Waals surface area (Å²) in [5, 5.41) is 9.58. The summed E-state index contributed by atoms with van der Waals surface area (Å²) in [6.07, 6.45) is 2.00. The molecule has 4 rings (SSSR count). The Kier molecular flexibility index (Phi) is 4.96. The first-order valence-corrected chi connectivity index (χ1v) is 8.67. The van der Waals surface area contributed by atoms with Crippen LogP contribution in [0.15, 0.2) is 60.9 Å². The highest BCUT2D eigenvalue weighted by atomic mass is 19.1. The molecular formula is C20H17FN4O3. The number of hydrogen-bond donors (Lipinski definition) is 3. The van der Waals surface area contributed by atoms with Crippen molar-refractivity contribution in [2.75, 3.05) is 6.54 Å². The first kappa shape index (κ1) is 18.0. The molecule has 3 aromatic rings. The van der Waals surface area contributed by atoms with Gasteiger partial charge in [-0.1, -0.05) is 18.2 Å². The Morgan fingerprint density at radius 1 is 1.14 bits per heavy atom. The molecule has 0 bridgehead atoms. The summed E-state index contributed by atoms with van der Waals surface area (Å²) >= 11 is 0. The number of rotatable bonds is 5. The molecule has 0 saturated carbocycles. The van der Waals surface area contributed by atoms with E-state index in [-0.39, 0.29) is 11.3 Å². The van der Waals surface area contributed by atoms with Crippen molar-refractivity contribution in [3.63, 3.8) is 0 Å². The van der Waals surface area contributed by atoms with Gasteiger partial charge in [0.1, 0.15) is 17.1 Å². The van der Waals surface area contributed by atoms with E-state index in [0.29, 0.717) is 23.7 Å². The molecule has 1 aliphatic rings. The number of carboxylic acid groups (broad SMARTS) is 1. The van der Waals surface area contributed by atoms with Gasteiger partial charge in [0.05, 0.1) is 0 Å². The van der Waals surface area contributed by atoms with Gasteiger partial charge < -0.3 is 9.84 Å². The number of hydrazine groups is 1. The molecule has 0 amide bonds. The maximum absolute atomic E-state index is 13.9. The highest BCUT2D eigenvalue weighted by Gasteiger charge is 2.29. The molecule has 1 aliphatic heterocycles. The summed E-state index contributed by atoms with van der Waals surface area (Å²) in [5.74, 6) is -0.444. The van der Waals surface area contributed by atoms with Crippen molar-refractivity contribution in [1.29, 1.82) is 0 Å². The van der Waals surface area contributed by atoms with Crippen molar-refractivity contribution < 1.29 is 19.0 Å². The van der Waals surface area contributed by atoms with Crippen LogP contribution in [-0.4, -0.2) is 33.9 Å². The molecule has 0 radical (unpaired) electrons. The molecule has 3 N–H and O–H groups in total. The number of aromatic carboxylic acids is 1. The molecule has 1 fully saturated rings. The molecule has 1 saturated heterocycles. The Balaban J connectivity index is 1.64. The van der Waals surface area contributed by atoms with Gasteiger partial charge in [-0.3, -0.25) is 5.43 Å². The molecule has 8 heteroatoms. The average Bonchev–Trinajstić information content (AvgIpc) is 3.15. The molecule has 0 spiro atoms. The maximum atomic E-state index is 13.9. The Hall–Kier alpha value is -3.36. The average molecular weight is 380 g/mol. The Morgan fingerprint density at radius 3 is 2.68 bits per heavy atom. The maximum Gasteiger partial charge on any atom is 0.339 e. The topological polar surface area (TPSA) is 96.4 Å². The minimum Gasteiger partial charge on any atom is -0.478 e. The van der Waals surface area contributed by atoms with Gasteiger partial charge in [-0.25, -0.2) is 24.6 Å². The highest BCUT2D eigenvalue weighted by molar-refractivity contribution is 5.91. The van der Waals surface area contributed by atoms with Crippen LogP contribution >= 0.6 is 0 Å². The Morgan fingerprint density at radius 2 is 1.96 bits per heavy atom. The molecule has 2 heterocycles. The summed E-state index contributed by atoms with van der Waals surface area (Å²) in [6, 6.07) is 13.5. The van der Waals surface area contributed by atoms with Gasteiger partial charge in [0.2, 0.25) is 0 Å². The van der Waals surface area contributed by atoms with Crippen LogP contribution in [0.1, 0.15) is 21.8 Å². The lowest BCUT2D eigenvalue weighted by atomic mass is 9.97. The molecule has 28 heavy (non-hydrogen) atoms. The SMILES string of the molecule is O=C(O)c1cc(C2CNNC2F)ccc1Oc1cccc(-c2ncccn2)c1. The van der Waals surface area contributed by atoms with Gasteiger partial charge in [0.15, 0.2) is 12.1 Å². The van der Waals surface area contributed by atoms with Crippen LogP contribution in [0.2, 0.25) is 0 Å². The second-order valence-electron chi connectivity index (χ2n) is 6.30. The summed E-state index contributed by atoms with van der Waals surface area (Å²) in [7, 11) is 0. The first-order chi connectivity index (χ1) is 13.6.